The predicted molar refractivity (Wildman–Crippen MR) is 31.3 cm³/mol. The highest BCUT2D eigenvalue weighted by Crippen LogP contribution is 2.43. The Labute approximate surface area is 54.3 Å². The molecule has 0 atom stereocenters. The van der Waals surface area contributed by atoms with Gasteiger partial charge in [0.25, 0.3) is 6.48 Å². The van der Waals surface area contributed by atoms with Gasteiger partial charge in [-0.05, 0) is 13.0 Å². The molecule has 3 rings (SSSR count). The molecule has 0 saturated carbocycles. The van der Waals surface area contributed by atoms with Crippen molar-refractivity contribution in [2.45, 2.75) is 18.9 Å². The summed E-state index contributed by atoms with van der Waals surface area (Å²) in [5.41, 5.74) is 5.29. The predicted octanol–water partition coefficient (Wildman–Crippen LogP) is -0.365. The average molecular weight is 147 g/mol. The van der Waals surface area contributed by atoms with Gasteiger partial charge >= 0.3 is 8.80 Å². The Kier molecular flexibility index (Phi) is 1.14. The maximum Gasteiger partial charge on any atom is 0.511 e. The molecule has 3 heterocycles. The van der Waals surface area contributed by atoms with Crippen molar-refractivity contribution in [2.75, 3.05) is 6.54 Å². The minimum absolute atomic E-state index is 0.297. The van der Waals surface area contributed by atoms with E-state index in [1.165, 1.54) is 0 Å². The van der Waals surface area contributed by atoms with Crippen LogP contribution in [0, 0.1) is 0 Å². The Balaban J connectivity index is 1.73. The number of rotatable bonds is 3. The summed E-state index contributed by atoms with van der Waals surface area (Å²) in [6, 6.07) is 0.889. The second-order valence-electron chi connectivity index (χ2n) is 2.22. The van der Waals surface area contributed by atoms with Crippen LogP contribution in [0.5, 0.6) is 0 Å². The lowest BCUT2D eigenvalue weighted by molar-refractivity contribution is -0.392. The quantitative estimate of drug-likeness (QED) is 0.554. The smallest absolute Gasteiger partial charge is 0.330 e. The molecule has 9 heavy (non-hydrogen) atoms. The van der Waals surface area contributed by atoms with Crippen LogP contribution in [0.25, 0.3) is 0 Å². The SMILES string of the molecule is NCCC[Si]12OC(O1)O2. The first-order valence-electron chi connectivity index (χ1n) is 3.08. The molecule has 4 nitrogen and oxygen atoms in total. The molecular weight excluding hydrogens is 138 g/mol. The van der Waals surface area contributed by atoms with Gasteiger partial charge in [-0.2, -0.15) is 0 Å². The second-order valence-corrected chi connectivity index (χ2v) is 4.79. The van der Waals surface area contributed by atoms with Gasteiger partial charge in [0.1, 0.15) is 0 Å². The van der Waals surface area contributed by atoms with E-state index in [-0.39, 0.29) is 6.48 Å². The van der Waals surface area contributed by atoms with Crippen LogP contribution in [0.15, 0.2) is 0 Å². The zero-order valence-corrected chi connectivity index (χ0v) is 6.00. The molecule has 52 valence electrons. The highest BCUT2D eigenvalue weighted by Gasteiger charge is 2.67. The highest BCUT2D eigenvalue weighted by molar-refractivity contribution is 6.65. The molecule has 2 bridgehead atoms. The van der Waals surface area contributed by atoms with Gasteiger partial charge < -0.3 is 19.0 Å². The molecule has 0 spiro atoms. The van der Waals surface area contributed by atoms with Crippen molar-refractivity contribution in [1.29, 1.82) is 0 Å². The van der Waals surface area contributed by atoms with E-state index in [1.807, 2.05) is 0 Å². The molecule has 0 unspecified atom stereocenters. The topological polar surface area (TPSA) is 53.7 Å². The maximum atomic E-state index is 5.29. The molecule has 0 aromatic rings. The Morgan fingerprint density at radius 1 is 1.33 bits per heavy atom. The Hall–Kier alpha value is 0.0569. The first kappa shape index (κ1) is 5.81. The highest BCUT2D eigenvalue weighted by atomic mass is 28.4. The van der Waals surface area contributed by atoms with Gasteiger partial charge in [0.2, 0.25) is 0 Å². The standard InChI is InChI=1S/C4H9NO3Si/c5-2-1-3-9-6-4(7-9)8-9/h4H,1-3,5H2. The first-order valence-corrected chi connectivity index (χ1v) is 5.01. The van der Waals surface area contributed by atoms with Crippen molar-refractivity contribution in [3.63, 3.8) is 0 Å². The van der Waals surface area contributed by atoms with Crippen LogP contribution >= 0.6 is 0 Å². The Morgan fingerprint density at radius 2 is 2.00 bits per heavy atom. The van der Waals surface area contributed by atoms with E-state index in [2.05, 4.69) is 0 Å². The van der Waals surface area contributed by atoms with Crippen LogP contribution in [-0.4, -0.2) is 21.8 Å². The fraction of sp³-hybridized carbons (Fsp3) is 1.00. The number of hydrogen-bond donors (Lipinski definition) is 1. The molecule has 2 N–H and O–H groups in total. The van der Waals surface area contributed by atoms with E-state index in [0.717, 1.165) is 12.5 Å². The largest absolute Gasteiger partial charge is 0.511 e. The van der Waals surface area contributed by atoms with Crippen molar-refractivity contribution in [1.82, 2.24) is 0 Å². The lowest BCUT2D eigenvalue weighted by Gasteiger charge is -2.55. The molecular formula is C4H9NO3Si. The lowest BCUT2D eigenvalue weighted by atomic mass is 10.5. The molecule has 0 radical (unpaired) electrons. The minimum Gasteiger partial charge on any atom is -0.330 e. The van der Waals surface area contributed by atoms with Gasteiger partial charge in [0.15, 0.2) is 0 Å². The van der Waals surface area contributed by atoms with Crippen LogP contribution in [0.1, 0.15) is 6.42 Å². The Bertz CT molecular complexity index is 114. The molecule has 0 aromatic carbocycles. The molecule has 0 aliphatic carbocycles. The molecule has 5 heteroatoms. The van der Waals surface area contributed by atoms with E-state index in [1.54, 1.807) is 0 Å². The monoisotopic (exact) mass is 147 g/mol. The second kappa shape index (κ2) is 1.77. The number of nitrogens with two attached hydrogens (primary N) is 1. The van der Waals surface area contributed by atoms with Gasteiger partial charge in [0, 0.05) is 6.04 Å². The summed E-state index contributed by atoms with van der Waals surface area (Å²) in [7, 11) is -1.95. The van der Waals surface area contributed by atoms with Crippen LogP contribution in [0.3, 0.4) is 0 Å². The summed E-state index contributed by atoms with van der Waals surface area (Å²) >= 11 is 0. The van der Waals surface area contributed by atoms with Crippen LogP contribution in [0.4, 0.5) is 0 Å². The normalized spacial score (nSPS) is 45.7. The molecule has 3 saturated heterocycles. The Morgan fingerprint density at radius 3 is 2.33 bits per heavy atom. The van der Waals surface area contributed by atoms with Crippen LogP contribution in [-0.2, 0) is 13.3 Å². The summed E-state index contributed by atoms with van der Waals surface area (Å²) in [5.74, 6) is 0. The van der Waals surface area contributed by atoms with Crippen molar-refractivity contribution in [3.05, 3.63) is 0 Å². The van der Waals surface area contributed by atoms with E-state index in [4.69, 9.17) is 19.0 Å². The van der Waals surface area contributed by atoms with E-state index < -0.39 is 8.80 Å². The molecule has 3 fully saturated rings. The van der Waals surface area contributed by atoms with E-state index >= 15 is 0 Å². The minimum atomic E-state index is -1.95. The third-order valence-electron chi connectivity index (χ3n) is 1.51. The zero-order chi connectivity index (χ0) is 6.32. The lowest BCUT2D eigenvalue weighted by Crippen LogP contribution is -2.75. The van der Waals surface area contributed by atoms with Crippen molar-refractivity contribution >= 4 is 8.80 Å². The summed E-state index contributed by atoms with van der Waals surface area (Å²) in [4.78, 5) is 0. The fourth-order valence-corrected chi connectivity index (χ4v) is 2.88. The zero-order valence-electron chi connectivity index (χ0n) is 5.00. The van der Waals surface area contributed by atoms with Crippen molar-refractivity contribution in [2.24, 2.45) is 5.73 Å². The van der Waals surface area contributed by atoms with Crippen LogP contribution < -0.4 is 5.73 Å². The first-order chi connectivity index (χ1) is 4.35. The summed E-state index contributed by atoms with van der Waals surface area (Å²) in [5, 5.41) is 0. The molecule has 0 amide bonds. The van der Waals surface area contributed by atoms with E-state index in [9.17, 15) is 0 Å². The van der Waals surface area contributed by atoms with Crippen LogP contribution in [0.2, 0.25) is 6.04 Å². The average Bonchev–Trinajstić information content (AvgIpc) is 1.59. The summed E-state index contributed by atoms with van der Waals surface area (Å²) in [6.07, 6.45) is 0.943. The maximum absolute atomic E-state index is 5.29. The third-order valence-corrected chi connectivity index (χ3v) is 4.14. The van der Waals surface area contributed by atoms with Gasteiger partial charge in [0.05, 0.1) is 0 Å². The summed E-state index contributed by atoms with van der Waals surface area (Å²) in [6.45, 7) is 0.393. The van der Waals surface area contributed by atoms with Crippen molar-refractivity contribution < 1.29 is 13.3 Å². The van der Waals surface area contributed by atoms with Gasteiger partial charge in [-0.3, -0.25) is 0 Å². The molecule has 3 aliphatic rings. The molecule has 3 aliphatic heterocycles. The third kappa shape index (κ3) is 0.735. The fourth-order valence-electron chi connectivity index (χ4n) is 0.962. The summed E-state index contributed by atoms with van der Waals surface area (Å²) < 4.78 is 15.5. The van der Waals surface area contributed by atoms with Gasteiger partial charge in [-0.1, -0.05) is 0 Å². The van der Waals surface area contributed by atoms with Crippen molar-refractivity contribution in [3.8, 4) is 0 Å². The molecule has 0 aromatic heterocycles. The van der Waals surface area contributed by atoms with E-state index in [0.29, 0.717) is 6.54 Å². The number of hydrogen-bond acceptors (Lipinski definition) is 4. The van der Waals surface area contributed by atoms with Gasteiger partial charge in [-0.15, -0.1) is 0 Å². The van der Waals surface area contributed by atoms with Gasteiger partial charge in [-0.25, -0.2) is 0 Å².